The Balaban J connectivity index is 2.09. The number of benzene rings is 1. The number of hydrogen-bond acceptors (Lipinski definition) is 6. The fourth-order valence-corrected chi connectivity index (χ4v) is 4.21. The predicted octanol–water partition coefficient (Wildman–Crippen LogP) is 6.37. The van der Waals surface area contributed by atoms with Crippen LogP contribution in [-0.2, 0) is 0 Å². The van der Waals surface area contributed by atoms with Crippen LogP contribution in [0.3, 0.4) is 0 Å². The van der Waals surface area contributed by atoms with Crippen molar-refractivity contribution in [3.05, 3.63) is 70.2 Å². The molecule has 3 rings (SSSR count). The standard InChI is InChI=1S/C22H20F3N3OS2/c1-13-8-14(11-27-21(13)30-3)15-9-19(31-12-15)17(10-20(26)22(23,24)25)28-16-6-4-5-7-18(16)29-2/h4-12H,26H2,1-3H3. The Morgan fingerprint density at radius 3 is 2.61 bits per heavy atom. The second-order valence-corrected chi connectivity index (χ2v) is 8.22. The van der Waals surface area contributed by atoms with Crippen LogP contribution >= 0.6 is 23.1 Å². The molecule has 9 heteroatoms. The van der Waals surface area contributed by atoms with Crippen molar-refractivity contribution in [1.82, 2.24) is 4.98 Å². The Labute approximate surface area is 186 Å². The molecule has 0 unspecified atom stereocenters. The van der Waals surface area contributed by atoms with Crippen molar-refractivity contribution in [2.45, 2.75) is 18.1 Å². The normalized spacial score (nSPS) is 12.8. The molecule has 0 aliphatic heterocycles. The lowest BCUT2D eigenvalue weighted by Gasteiger charge is -2.09. The molecule has 0 amide bonds. The molecule has 0 aliphatic carbocycles. The third-order valence-corrected chi connectivity index (χ3v) is 6.12. The van der Waals surface area contributed by atoms with Crippen LogP contribution < -0.4 is 10.5 Å². The fraction of sp³-hybridized carbons (Fsp3) is 0.182. The Kier molecular flexibility index (Phi) is 7.07. The molecule has 0 saturated carbocycles. The highest BCUT2D eigenvalue weighted by molar-refractivity contribution is 7.98. The number of methoxy groups -OCH3 is 1. The van der Waals surface area contributed by atoms with Gasteiger partial charge in [0.05, 0.1) is 22.7 Å². The fourth-order valence-electron chi connectivity index (χ4n) is 2.80. The molecule has 3 aromatic rings. The number of thiophene rings is 1. The minimum Gasteiger partial charge on any atom is -0.494 e. The number of rotatable bonds is 6. The summed E-state index contributed by atoms with van der Waals surface area (Å²) >= 11 is 2.84. The van der Waals surface area contributed by atoms with Crippen LogP contribution in [0.5, 0.6) is 5.75 Å². The summed E-state index contributed by atoms with van der Waals surface area (Å²) in [6.07, 6.45) is -0.101. The number of pyridine rings is 1. The Bertz CT molecular complexity index is 1140. The molecule has 2 aromatic heterocycles. The first-order chi connectivity index (χ1) is 14.7. The molecule has 4 nitrogen and oxygen atoms in total. The summed E-state index contributed by atoms with van der Waals surface area (Å²) in [4.78, 5) is 9.41. The SMILES string of the molecule is COc1ccccc1N=C(C=C(N)C(F)(F)F)c1cc(-c2cnc(SC)c(C)c2)cs1. The van der Waals surface area contributed by atoms with Crippen molar-refractivity contribution in [2.75, 3.05) is 13.4 Å². The molecule has 162 valence electrons. The Morgan fingerprint density at radius 2 is 1.97 bits per heavy atom. The van der Waals surface area contributed by atoms with E-state index in [4.69, 9.17) is 10.5 Å². The van der Waals surface area contributed by atoms with E-state index in [1.807, 2.05) is 24.6 Å². The van der Waals surface area contributed by atoms with Crippen molar-refractivity contribution in [1.29, 1.82) is 0 Å². The summed E-state index contributed by atoms with van der Waals surface area (Å²) in [5.41, 5.74) is 7.33. The van der Waals surface area contributed by atoms with E-state index in [1.54, 1.807) is 48.3 Å². The molecule has 0 saturated heterocycles. The maximum Gasteiger partial charge on any atom is 0.430 e. The molecule has 0 atom stereocenters. The van der Waals surface area contributed by atoms with Crippen molar-refractivity contribution in [3.63, 3.8) is 0 Å². The molecule has 0 bridgehead atoms. The van der Waals surface area contributed by atoms with Gasteiger partial charge in [-0.25, -0.2) is 9.98 Å². The van der Waals surface area contributed by atoms with Gasteiger partial charge in [0.15, 0.2) is 0 Å². The van der Waals surface area contributed by atoms with Crippen LogP contribution in [0, 0.1) is 6.92 Å². The number of para-hydroxylation sites is 2. The zero-order valence-corrected chi connectivity index (χ0v) is 18.7. The van der Waals surface area contributed by atoms with Gasteiger partial charge in [-0.3, -0.25) is 0 Å². The van der Waals surface area contributed by atoms with Crippen molar-refractivity contribution >= 4 is 34.5 Å². The highest BCUT2D eigenvalue weighted by Gasteiger charge is 2.32. The molecule has 0 fully saturated rings. The quantitative estimate of drug-likeness (QED) is 0.341. The summed E-state index contributed by atoms with van der Waals surface area (Å²) in [6.45, 7) is 1.97. The maximum atomic E-state index is 13.1. The largest absolute Gasteiger partial charge is 0.494 e. The molecular weight excluding hydrogens is 443 g/mol. The molecule has 0 aliphatic rings. The number of ether oxygens (including phenoxy) is 1. The predicted molar refractivity (Wildman–Crippen MR) is 122 cm³/mol. The lowest BCUT2D eigenvalue weighted by molar-refractivity contribution is -0.0925. The average Bonchev–Trinajstić information content (AvgIpc) is 3.23. The van der Waals surface area contributed by atoms with E-state index in [9.17, 15) is 13.2 Å². The summed E-state index contributed by atoms with van der Waals surface area (Å²) in [6, 6.07) is 10.6. The molecule has 0 radical (unpaired) electrons. The second-order valence-electron chi connectivity index (χ2n) is 6.52. The number of alkyl halides is 3. The van der Waals surface area contributed by atoms with Crippen molar-refractivity contribution in [3.8, 4) is 16.9 Å². The average molecular weight is 464 g/mol. The van der Waals surface area contributed by atoms with Crippen LogP contribution in [0.25, 0.3) is 11.1 Å². The third-order valence-electron chi connectivity index (χ3n) is 4.35. The zero-order valence-electron chi connectivity index (χ0n) is 17.0. The monoisotopic (exact) mass is 463 g/mol. The van der Waals surface area contributed by atoms with Gasteiger partial charge in [-0.1, -0.05) is 12.1 Å². The van der Waals surface area contributed by atoms with Crippen LogP contribution in [-0.4, -0.2) is 30.2 Å². The summed E-state index contributed by atoms with van der Waals surface area (Å²) in [5.74, 6) is 0.447. The molecule has 31 heavy (non-hydrogen) atoms. The van der Waals surface area contributed by atoms with Gasteiger partial charge in [0, 0.05) is 11.8 Å². The minimum atomic E-state index is -4.66. The summed E-state index contributed by atoms with van der Waals surface area (Å²) in [5, 5.41) is 2.79. The number of halogens is 3. The third kappa shape index (κ3) is 5.48. The van der Waals surface area contributed by atoms with Crippen LogP contribution in [0.1, 0.15) is 10.4 Å². The number of aryl methyl sites for hydroxylation is 1. The van der Waals surface area contributed by atoms with E-state index in [1.165, 1.54) is 18.4 Å². The molecule has 0 spiro atoms. The molecular formula is C22H20F3N3OS2. The first kappa shape index (κ1) is 22.9. The summed E-state index contributed by atoms with van der Waals surface area (Å²) < 4.78 is 44.6. The number of allylic oxidation sites excluding steroid dienone is 2. The number of aromatic nitrogens is 1. The van der Waals surface area contributed by atoms with E-state index in [0.717, 1.165) is 27.8 Å². The van der Waals surface area contributed by atoms with Crippen LogP contribution in [0.4, 0.5) is 18.9 Å². The van der Waals surface area contributed by atoms with Crippen molar-refractivity contribution < 1.29 is 17.9 Å². The van der Waals surface area contributed by atoms with E-state index in [0.29, 0.717) is 16.3 Å². The summed E-state index contributed by atoms with van der Waals surface area (Å²) in [7, 11) is 1.48. The first-order valence-electron chi connectivity index (χ1n) is 9.09. The van der Waals surface area contributed by atoms with E-state index >= 15 is 0 Å². The van der Waals surface area contributed by atoms with Gasteiger partial charge in [0.1, 0.15) is 17.1 Å². The second kappa shape index (κ2) is 9.57. The van der Waals surface area contributed by atoms with Gasteiger partial charge in [0.2, 0.25) is 0 Å². The van der Waals surface area contributed by atoms with E-state index in [-0.39, 0.29) is 5.71 Å². The smallest absolute Gasteiger partial charge is 0.430 e. The number of thioether (sulfide) groups is 1. The van der Waals surface area contributed by atoms with Gasteiger partial charge < -0.3 is 10.5 Å². The molecule has 1 aromatic carbocycles. The Morgan fingerprint density at radius 1 is 1.23 bits per heavy atom. The van der Waals surface area contributed by atoms with Crippen LogP contribution in [0.15, 0.2) is 69.8 Å². The van der Waals surface area contributed by atoms with Gasteiger partial charge >= 0.3 is 6.18 Å². The Hall–Kier alpha value is -2.78. The highest BCUT2D eigenvalue weighted by atomic mass is 32.2. The van der Waals surface area contributed by atoms with Gasteiger partial charge in [-0.05, 0) is 60.0 Å². The number of nitrogens with two attached hydrogens (primary N) is 1. The topological polar surface area (TPSA) is 60.5 Å². The minimum absolute atomic E-state index is 0.0981. The first-order valence-corrected chi connectivity index (χ1v) is 11.2. The zero-order chi connectivity index (χ0) is 22.6. The highest BCUT2D eigenvalue weighted by Crippen LogP contribution is 2.32. The number of aliphatic imine (C=N–C) groups is 1. The lowest BCUT2D eigenvalue weighted by atomic mass is 10.1. The van der Waals surface area contributed by atoms with E-state index in [2.05, 4.69) is 9.98 Å². The van der Waals surface area contributed by atoms with E-state index < -0.39 is 11.9 Å². The lowest BCUT2D eigenvalue weighted by Crippen LogP contribution is -2.20. The van der Waals surface area contributed by atoms with Crippen molar-refractivity contribution in [2.24, 2.45) is 10.7 Å². The van der Waals surface area contributed by atoms with Gasteiger partial charge in [0.25, 0.3) is 0 Å². The molecule has 2 N–H and O–H groups in total. The molecule has 2 heterocycles. The van der Waals surface area contributed by atoms with Gasteiger partial charge in [-0.2, -0.15) is 13.2 Å². The van der Waals surface area contributed by atoms with Gasteiger partial charge in [-0.15, -0.1) is 23.1 Å². The number of hydrogen-bond donors (Lipinski definition) is 1. The number of nitrogens with zero attached hydrogens (tertiary/aromatic N) is 2. The van der Waals surface area contributed by atoms with Crippen LogP contribution in [0.2, 0.25) is 0 Å². The maximum absolute atomic E-state index is 13.1.